The van der Waals surface area contributed by atoms with Gasteiger partial charge in [0.2, 0.25) is 0 Å². The van der Waals surface area contributed by atoms with Crippen molar-refractivity contribution in [2.75, 3.05) is 26.5 Å². The first-order chi connectivity index (χ1) is 18.3. The van der Waals surface area contributed by atoms with Crippen LogP contribution in [-0.4, -0.2) is 64.2 Å². The maximum absolute atomic E-state index is 15.0. The predicted molar refractivity (Wildman–Crippen MR) is 143 cm³/mol. The van der Waals surface area contributed by atoms with Gasteiger partial charge in [-0.1, -0.05) is 18.2 Å². The van der Waals surface area contributed by atoms with Crippen LogP contribution >= 0.6 is 0 Å². The number of anilines is 1. The van der Waals surface area contributed by atoms with Gasteiger partial charge in [-0.2, -0.15) is 13.2 Å². The van der Waals surface area contributed by atoms with Crippen LogP contribution in [-0.2, 0) is 16.2 Å². The molecule has 0 radical (unpaired) electrons. The van der Waals surface area contributed by atoms with E-state index >= 15 is 4.39 Å². The fraction of sp³-hybridized carbons (Fsp3) is 0.385. The number of amidine groups is 1. The van der Waals surface area contributed by atoms with Gasteiger partial charge in [0, 0.05) is 37.5 Å². The number of nitrogens with one attached hydrogen (secondary N) is 2. The normalized spacial score (nSPS) is 20.8. The number of phenolic OH excluding ortho intramolecular Hbond substituents is 1. The molecule has 0 saturated heterocycles. The molecule has 0 aliphatic heterocycles. The summed E-state index contributed by atoms with van der Waals surface area (Å²) < 4.78 is 82.2. The standard InChI is InChI=1S/C26H31F4N5O3S/c1-31-11-10-25(32-2)34-39(37,38)24-15-23(36)21(14-19(24)27)33-20-9-8-17(13-22(20)35(3)4)16-6-5-7-18(12-16)26(28,29)30/h5-7,10-12,14-15,17,20,22,33,36H,1,8-9,13H2,2-4H3,(H,32,34)/b11-10-/t17-,20-,22-/m0/s1. The lowest BCUT2D eigenvalue weighted by Crippen LogP contribution is -2.47. The second-order valence-electron chi connectivity index (χ2n) is 9.43. The summed E-state index contributed by atoms with van der Waals surface area (Å²) in [6.07, 6.45) is -0.389. The number of rotatable bonds is 8. The largest absolute Gasteiger partial charge is 0.506 e. The number of likely N-dealkylation sites (N-methyl/N-ethyl adjacent to an activating group) is 1. The number of sulfonamides is 1. The van der Waals surface area contributed by atoms with Gasteiger partial charge in [0.05, 0.1) is 11.3 Å². The number of nitrogens with zero attached hydrogens (tertiary/aromatic N) is 3. The Kier molecular flexibility index (Phi) is 9.38. The molecule has 2 aromatic rings. The van der Waals surface area contributed by atoms with E-state index in [1.807, 2.05) is 19.0 Å². The molecule has 0 heterocycles. The SMILES string of the molecule is C=N/C=C\C(=NC)NS(=O)(=O)c1cc(O)c(N[C@H]2CC[C@H](c3cccc(C(F)(F)F)c3)C[C@@H]2N(C)C)cc1F. The fourth-order valence-electron chi connectivity index (χ4n) is 4.69. The van der Waals surface area contributed by atoms with E-state index in [0.29, 0.717) is 24.8 Å². The zero-order valence-corrected chi connectivity index (χ0v) is 22.5. The monoisotopic (exact) mass is 569 g/mol. The minimum atomic E-state index is -4.43. The molecule has 3 atom stereocenters. The van der Waals surface area contributed by atoms with E-state index in [9.17, 15) is 26.7 Å². The minimum absolute atomic E-state index is 0.000883. The van der Waals surface area contributed by atoms with Gasteiger partial charge in [-0.05, 0) is 63.7 Å². The van der Waals surface area contributed by atoms with E-state index in [1.54, 1.807) is 6.07 Å². The number of aromatic hydroxyl groups is 1. The third kappa shape index (κ3) is 7.35. The Morgan fingerprint density at radius 3 is 2.54 bits per heavy atom. The molecule has 39 heavy (non-hydrogen) atoms. The number of aliphatic imine (C=N–C) groups is 2. The Morgan fingerprint density at radius 1 is 1.21 bits per heavy atom. The highest BCUT2D eigenvalue weighted by atomic mass is 32.2. The molecule has 8 nitrogen and oxygen atoms in total. The molecule has 1 saturated carbocycles. The second kappa shape index (κ2) is 12.2. The van der Waals surface area contributed by atoms with Gasteiger partial charge in [-0.25, -0.2) is 12.8 Å². The molecule has 0 amide bonds. The van der Waals surface area contributed by atoms with Crippen LogP contribution in [0, 0.1) is 5.82 Å². The number of hydrogen-bond donors (Lipinski definition) is 3. The molecular weight excluding hydrogens is 538 g/mol. The molecule has 3 N–H and O–H groups in total. The van der Waals surface area contributed by atoms with Crippen LogP contribution in [0.3, 0.4) is 0 Å². The van der Waals surface area contributed by atoms with Crippen LogP contribution in [0.2, 0.25) is 0 Å². The van der Waals surface area contributed by atoms with Gasteiger partial charge in [-0.3, -0.25) is 14.7 Å². The average Bonchev–Trinajstić information content (AvgIpc) is 2.88. The van der Waals surface area contributed by atoms with Gasteiger partial charge in [0.1, 0.15) is 22.3 Å². The van der Waals surface area contributed by atoms with Crippen molar-refractivity contribution in [2.24, 2.45) is 9.98 Å². The van der Waals surface area contributed by atoms with Gasteiger partial charge >= 0.3 is 6.18 Å². The maximum Gasteiger partial charge on any atom is 0.416 e. The van der Waals surface area contributed by atoms with Crippen LogP contribution in [0.5, 0.6) is 5.75 Å². The van der Waals surface area contributed by atoms with Crippen LogP contribution < -0.4 is 10.0 Å². The number of benzene rings is 2. The van der Waals surface area contributed by atoms with E-state index in [2.05, 4.69) is 26.7 Å². The molecule has 13 heteroatoms. The molecule has 0 spiro atoms. The smallest absolute Gasteiger partial charge is 0.416 e. The van der Waals surface area contributed by atoms with Gasteiger partial charge in [-0.15, -0.1) is 0 Å². The molecule has 1 aliphatic rings. The van der Waals surface area contributed by atoms with Gasteiger partial charge in [0.15, 0.2) is 0 Å². The van der Waals surface area contributed by atoms with Crippen LogP contribution in [0.15, 0.2) is 63.6 Å². The lowest BCUT2D eigenvalue weighted by molar-refractivity contribution is -0.137. The zero-order valence-electron chi connectivity index (χ0n) is 21.7. The number of phenols is 1. The van der Waals surface area contributed by atoms with E-state index in [4.69, 9.17) is 0 Å². The van der Waals surface area contributed by atoms with Crippen molar-refractivity contribution < 1.29 is 31.1 Å². The molecule has 0 bridgehead atoms. The van der Waals surface area contributed by atoms with Gasteiger partial charge < -0.3 is 15.3 Å². The van der Waals surface area contributed by atoms with Crippen molar-refractivity contribution in [1.82, 2.24) is 9.62 Å². The third-order valence-electron chi connectivity index (χ3n) is 6.66. The average molecular weight is 570 g/mol. The highest BCUT2D eigenvalue weighted by molar-refractivity contribution is 7.90. The Balaban J connectivity index is 1.81. The Hall–Kier alpha value is -3.45. The molecule has 0 unspecified atom stereocenters. The number of alkyl halides is 3. The summed E-state index contributed by atoms with van der Waals surface area (Å²) in [6.45, 7) is 3.24. The third-order valence-corrected chi connectivity index (χ3v) is 8.03. The molecular formula is C26H31F4N5O3S. The summed E-state index contributed by atoms with van der Waals surface area (Å²) in [4.78, 5) is 8.36. The Morgan fingerprint density at radius 2 is 1.92 bits per heavy atom. The summed E-state index contributed by atoms with van der Waals surface area (Å²) in [7, 11) is 0.566. The first kappa shape index (κ1) is 30.1. The molecule has 0 aromatic heterocycles. The van der Waals surface area contributed by atoms with Crippen molar-refractivity contribution in [3.8, 4) is 5.75 Å². The first-order valence-corrected chi connectivity index (χ1v) is 13.5. The highest BCUT2D eigenvalue weighted by Gasteiger charge is 2.35. The van der Waals surface area contributed by atoms with E-state index < -0.39 is 38.2 Å². The van der Waals surface area contributed by atoms with Crippen LogP contribution in [0.25, 0.3) is 0 Å². The highest BCUT2D eigenvalue weighted by Crippen LogP contribution is 2.39. The van der Waals surface area contributed by atoms with E-state index in [1.165, 1.54) is 31.5 Å². The van der Waals surface area contributed by atoms with Crippen molar-refractivity contribution in [2.45, 2.75) is 48.3 Å². The summed E-state index contributed by atoms with van der Waals surface area (Å²) in [5, 5.41) is 13.7. The van der Waals surface area contributed by atoms with Crippen molar-refractivity contribution in [1.29, 1.82) is 0 Å². The fourth-order valence-corrected chi connectivity index (χ4v) is 5.82. The van der Waals surface area contributed by atoms with Gasteiger partial charge in [0.25, 0.3) is 10.0 Å². The van der Waals surface area contributed by atoms with Crippen LogP contribution in [0.1, 0.15) is 36.3 Å². The Bertz CT molecular complexity index is 1360. The molecule has 1 fully saturated rings. The summed E-state index contributed by atoms with van der Waals surface area (Å²) in [5.41, 5.74) is -0.0990. The zero-order chi connectivity index (χ0) is 29.0. The van der Waals surface area contributed by atoms with Crippen LogP contribution in [0.4, 0.5) is 23.2 Å². The molecule has 2 aromatic carbocycles. The second-order valence-corrected chi connectivity index (χ2v) is 11.1. The Labute approximate surface area is 225 Å². The van der Waals surface area contributed by atoms with Crippen molar-refractivity contribution >= 4 is 28.3 Å². The molecule has 212 valence electrons. The minimum Gasteiger partial charge on any atom is -0.506 e. The summed E-state index contributed by atoms with van der Waals surface area (Å²) in [6, 6.07) is 6.57. The predicted octanol–water partition coefficient (Wildman–Crippen LogP) is 4.75. The van der Waals surface area contributed by atoms with E-state index in [-0.39, 0.29) is 29.5 Å². The summed E-state index contributed by atoms with van der Waals surface area (Å²) >= 11 is 0. The molecule has 3 rings (SSSR count). The summed E-state index contributed by atoms with van der Waals surface area (Å²) in [5.74, 6) is -1.81. The van der Waals surface area contributed by atoms with Crippen molar-refractivity contribution in [3.63, 3.8) is 0 Å². The first-order valence-electron chi connectivity index (χ1n) is 12.0. The number of halogens is 4. The van der Waals surface area contributed by atoms with Crippen molar-refractivity contribution in [3.05, 3.63) is 65.6 Å². The lowest BCUT2D eigenvalue weighted by atomic mass is 9.78. The van der Waals surface area contributed by atoms with E-state index in [0.717, 1.165) is 18.2 Å². The maximum atomic E-state index is 15.0. The topological polar surface area (TPSA) is 106 Å². The lowest BCUT2D eigenvalue weighted by Gasteiger charge is -2.41. The quantitative estimate of drug-likeness (QED) is 0.184. The molecule has 1 aliphatic carbocycles. The number of hydrogen-bond acceptors (Lipinski definition) is 7.